The van der Waals surface area contributed by atoms with Crippen LogP contribution in [0.15, 0.2) is 0 Å². The molecule has 1 aliphatic rings. The molecule has 3 nitrogen and oxygen atoms in total. The van der Waals surface area contributed by atoms with E-state index < -0.39 is 5.97 Å². The second-order valence-electron chi connectivity index (χ2n) is 2.75. The third-order valence-corrected chi connectivity index (χ3v) is 1.81. The van der Waals surface area contributed by atoms with Crippen molar-refractivity contribution in [3.05, 3.63) is 0 Å². The van der Waals surface area contributed by atoms with Crippen LogP contribution in [0.2, 0.25) is 0 Å². The Balaban J connectivity index is 2.31. The lowest BCUT2D eigenvalue weighted by molar-refractivity contribution is -0.138. The molecule has 0 unspecified atom stereocenters. The van der Waals surface area contributed by atoms with E-state index in [1.807, 2.05) is 0 Å². The van der Waals surface area contributed by atoms with Gasteiger partial charge in [0.15, 0.2) is 0 Å². The van der Waals surface area contributed by atoms with Gasteiger partial charge in [0.2, 0.25) is 0 Å². The fourth-order valence-electron chi connectivity index (χ4n) is 1.31. The van der Waals surface area contributed by atoms with E-state index in [0.717, 1.165) is 6.42 Å². The number of ketones is 1. The van der Waals surface area contributed by atoms with Crippen molar-refractivity contribution in [1.82, 2.24) is 0 Å². The Labute approximate surface area is 59.0 Å². The molecule has 0 aliphatic heterocycles. The Kier molecular flexibility index (Phi) is 2.04. The fraction of sp³-hybridized carbons (Fsp3) is 0.714. The molecule has 0 amide bonds. The average Bonchev–Trinajstić information content (AvgIpc) is 2.13. The monoisotopic (exact) mass is 142 g/mol. The minimum absolute atomic E-state index is 0.116. The van der Waals surface area contributed by atoms with Crippen molar-refractivity contribution in [1.29, 1.82) is 0 Å². The van der Waals surface area contributed by atoms with Crippen molar-refractivity contribution in [3.63, 3.8) is 0 Å². The van der Waals surface area contributed by atoms with Gasteiger partial charge in [-0.25, -0.2) is 0 Å². The van der Waals surface area contributed by atoms with Gasteiger partial charge in [0.05, 0.1) is 0 Å². The lowest BCUT2D eigenvalue weighted by Gasteiger charge is -2.00. The predicted octanol–water partition coefficient (Wildman–Crippen LogP) is 0.830. The maximum absolute atomic E-state index is 10.6. The van der Waals surface area contributed by atoms with Gasteiger partial charge in [0.25, 0.3) is 0 Å². The lowest BCUT2D eigenvalue weighted by Crippen LogP contribution is -2.03. The van der Waals surface area contributed by atoms with E-state index in [4.69, 9.17) is 5.11 Å². The van der Waals surface area contributed by atoms with Crippen molar-refractivity contribution >= 4 is 11.8 Å². The predicted molar refractivity (Wildman–Crippen MR) is 34.6 cm³/mol. The first-order valence-corrected chi connectivity index (χ1v) is 3.42. The highest BCUT2D eigenvalue weighted by atomic mass is 16.4. The molecule has 0 radical (unpaired) electrons. The maximum atomic E-state index is 10.6. The zero-order valence-electron chi connectivity index (χ0n) is 5.67. The van der Waals surface area contributed by atoms with Crippen molar-refractivity contribution in [3.8, 4) is 0 Å². The number of carboxylic acid groups (broad SMARTS) is 1. The standard InChI is InChI=1S/C7H10O3/c8-6-2-1-5(3-6)4-7(9)10/h5H,1-4H2,(H,9,10)/t5-/m1/s1. The second kappa shape index (κ2) is 2.82. The van der Waals surface area contributed by atoms with Crippen LogP contribution in [0.1, 0.15) is 25.7 Å². The molecule has 0 aromatic rings. The van der Waals surface area contributed by atoms with E-state index in [1.165, 1.54) is 0 Å². The van der Waals surface area contributed by atoms with Gasteiger partial charge >= 0.3 is 5.97 Å². The molecule has 0 aromatic heterocycles. The summed E-state index contributed by atoms with van der Waals surface area (Å²) in [5.41, 5.74) is 0. The summed E-state index contributed by atoms with van der Waals surface area (Å²) in [7, 11) is 0. The summed E-state index contributed by atoms with van der Waals surface area (Å²) >= 11 is 0. The molecule has 56 valence electrons. The molecular weight excluding hydrogens is 132 g/mol. The topological polar surface area (TPSA) is 54.4 Å². The molecule has 1 atom stereocenters. The molecule has 0 spiro atoms. The Morgan fingerprint density at radius 2 is 2.40 bits per heavy atom. The van der Waals surface area contributed by atoms with Crippen molar-refractivity contribution in [2.45, 2.75) is 25.7 Å². The minimum atomic E-state index is -0.792. The lowest BCUT2D eigenvalue weighted by atomic mass is 10.1. The van der Waals surface area contributed by atoms with Gasteiger partial charge in [-0.3, -0.25) is 9.59 Å². The third kappa shape index (κ3) is 1.83. The van der Waals surface area contributed by atoms with Crippen LogP contribution in [0.4, 0.5) is 0 Å². The summed E-state index contributed by atoms with van der Waals surface area (Å²) in [6.07, 6.45) is 1.99. The smallest absolute Gasteiger partial charge is 0.303 e. The normalized spacial score (nSPS) is 25.2. The summed E-state index contributed by atoms with van der Waals surface area (Å²) in [6, 6.07) is 0. The highest BCUT2D eigenvalue weighted by Gasteiger charge is 2.23. The third-order valence-electron chi connectivity index (χ3n) is 1.81. The Morgan fingerprint density at radius 3 is 2.80 bits per heavy atom. The number of carbonyl (C=O) groups is 2. The largest absolute Gasteiger partial charge is 0.481 e. The second-order valence-corrected chi connectivity index (χ2v) is 2.75. The molecule has 1 fully saturated rings. The molecule has 0 saturated heterocycles. The Hall–Kier alpha value is -0.860. The summed E-state index contributed by atoms with van der Waals surface area (Å²) < 4.78 is 0. The van der Waals surface area contributed by atoms with Gasteiger partial charge < -0.3 is 5.11 Å². The minimum Gasteiger partial charge on any atom is -0.481 e. The van der Waals surface area contributed by atoms with Crippen LogP contribution >= 0.6 is 0 Å². The fourth-order valence-corrected chi connectivity index (χ4v) is 1.31. The molecule has 1 saturated carbocycles. The van der Waals surface area contributed by atoms with Crippen LogP contribution in [-0.2, 0) is 9.59 Å². The van der Waals surface area contributed by atoms with Gasteiger partial charge in [-0.1, -0.05) is 0 Å². The van der Waals surface area contributed by atoms with Crippen LogP contribution < -0.4 is 0 Å². The van der Waals surface area contributed by atoms with E-state index in [2.05, 4.69) is 0 Å². The number of hydrogen-bond donors (Lipinski definition) is 1. The highest BCUT2D eigenvalue weighted by Crippen LogP contribution is 2.24. The van der Waals surface area contributed by atoms with Gasteiger partial charge in [-0.05, 0) is 12.3 Å². The first-order valence-electron chi connectivity index (χ1n) is 3.42. The summed E-state index contributed by atoms with van der Waals surface area (Å²) in [4.78, 5) is 20.8. The number of rotatable bonds is 2. The van der Waals surface area contributed by atoms with Gasteiger partial charge in [-0.2, -0.15) is 0 Å². The molecule has 0 aromatic carbocycles. The molecule has 1 aliphatic carbocycles. The van der Waals surface area contributed by atoms with E-state index in [9.17, 15) is 9.59 Å². The van der Waals surface area contributed by atoms with Crippen LogP contribution in [0, 0.1) is 5.92 Å². The van der Waals surface area contributed by atoms with Gasteiger partial charge in [0.1, 0.15) is 5.78 Å². The molecule has 0 heterocycles. The van der Waals surface area contributed by atoms with Crippen LogP contribution in [0.3, 0.4) is 0 Å². The zero-order chi connectivity index (χ0) is 7.56. The zero-order valence-corrected chi connectivity index (χ0v) is 5.67. The molecule has 3 heteroatoms. The van der Waals surface area contributed by atoms with E-state index in [-0.39, 0.29) is 18.1 Å². The van der Waals surface area contributed by atoms with Crippen LogP contribution in [0.25, 0.3) is 0 Å². The van der Waals surface area contributed by atoms with Crippen molar-refractivity contribution in [2.24, 2.45) is 5.92 Å². The number of aliphatic carboxylic acids is 1. The van der Waals surface area contributed by atoms with Crippen LogP contribution in [-0.4, -0.2) is 16.9 Å². The number of carbonyl (C=O) groups excluding carboxylic acids is 1. The maximum Gasteiger partial charge on any atom is 0.303 e. The molecular formula is C7H10O3. The molecule has 0 bridgehead atoms. The SMILES string of the molecule is O=C(O)C[C@@H]1CCC(=O)C1. The van der Waals surface area contributed by atoms with E-state index in [0.29, 0.717) is 12.8 Å². The van der Waals surface area contributed by atoms with Crippen molar-refractivity contribution < 1.29 is 14.7 Å². The summed E-state index contributed by atoms with van der Waals surface area (Å²) in [6.45, 7) is 0. The quantitative estimate of drug-likeness (QED) is 0.621. The molecule has 1 rings (SSSR count). The molecule has 1 N–H and O–H groups in total. The van der Waals surface area contributed by atoms with E-state index >= 15 is 0 Å². The Bertz CT molecular complexity index is 162. The van der Waals surface area contributed by atoms with Crippen LogP contribution in [0.5, 0.6) is 0 Å². The number of hydrogen-bond acceptors (Lipinski definition) is 2. The highest BCUT2D eigenvalue weighted by molar-refractivity contribution is 5.81. The average molecular weight is 142 g/mol. The number of Topliss-reactive ketones (excluding diaryl/α,β-unsaturated/α-hetero) is 1. The summed E-state index contributed by atoms with van der Waals surface area (Å²) in [5.74, 6) is -0.462. The van der Waals surface area contributed by atoms with Gasteiger partial charge in [-0.15, -0.1) is 0 Å². The first kappa shape index (κ1) is 7.25. The van der Waals surface area contributed by atoms with Gasteiger partial charge in [0, 0.05) is 19.3 Å². The first-order chi connectivity index (χ1) is 4.68. The Morgan fingerprint density at radius 1 is 1.70 bits per heavy atom. The molecule has 10 heavy (non-hydrogen) atoms. The van der Waals surface area contributed by atoms with Crippen molar-refractivity contribution in [2.75, 3.05) is 0 Å². The van der Waals surface area contributed by atoms with E-state index in [1.54, 1.807) is 0 Å². The number of carboxylic acids is 1. The summed E-state index contributed by atoms with van der Waals surface area (Å²) in [5, 5.41) is 8.35.